The van der Waals surface area contributed by atoms with Gasteiger partial charge in [0, 0.05) is 6.20 Å². The summed E-state index contributed by atoms with van der Waals surface area (Å²) >= 11 is 0. The average molecular weight is 201 g/mol. The first kappa shape index (κ1) is 9.77. The van der Waals surface area contributed by atoms with E-state index in [0.717, 1.165) is 11.4 Å². The minimum atomic E-state index is 0.490. The minimum Gasteiger partial charge on any atom is -0.397 e. The Morgan fingerprint density at radius 3 is 2.60 bits per heavy atom. The number of benzene rings is 1. The Balaban J connectivity index is 2.42. The van der Waals surface area contributed by atoms with Gasteiger partial charge in [0.1, 0.15) is 0 Å². The van der Waals surface area contributed by atoms with Crippen LogP contribution in [0.3, 0.4) is 0 Å². The lowest BCUT2D eigenvalue weighted by Crippen LogP contribution is -1.99. The fraction of sp³-hybridized carbons (Fsp3) is 0.250. The molecule has 0 radical (unpaired) electrons. The van der Waals surface area contributed by atoms with Gasteiger partial charge in [-0.1, -0.05) is 26.0 Å². The summed E-state index contributed by atoms with van der Waals surface area (Å²) in [6.07, 6.45) is 3.91. The second kappa shape index (κ2) is 3.77. The summed E-state index contributed by atoms with van der Waals surface area (Å²) in [6.45, 7) is 4.30. The van der Waals surface area contributed by atoms with E-state index in [1.165, 1.54) is 5.56 Å². The Morgan fingerprint density at radius 2 is 2.00 bits per heavy atom. The molecule has 2 rings (SSSR count). The summed E-state index contributed by atoms with van der Waals surface area (Å²) in [5.74, 6) is 0.490. The molecule has 3 nitrogen and oxygen atoms in total. The van der Waals surface area contributed by atoms with Crippen LogP contribution in [0.25, 0.3) is 5.69 Å². The summed E-state index contributed by atoms with van der Waals surface area (Å²) in [5, 5.41) is 4.31. The van der Waals surface area contributed by atoms with Gasteiger partial charge in [0.15, 0.2) is 0 Å². The lowest BCUT2D eigenvalue weighted by molar-refractivity contribution is 0.859. The fourth-order valence-electron chi connectivity index (χ4n) is 1.46. The lowest BCUT2D eigenvalue weighted by atomic mass is 10.1. The van der Waals surface area contributed by atoms with E-state index in [-0.39, 0.29) is 0 Å². The number of nitrogens with zero attached hydrogens (tertiary/aromatic N) is 2. The van der Waals surface area contributed by atoms with E-state index in [2.05, 4.69) is 18.9 Å². The molecule has 0 bridgehead atoms. The zero-order valence-corrected chi connectivity index (χ0v) is 9.01. The molecule has 2 aromatic rings. The van der Waals surface area contributed by atoms with Gasteiger partial charge >= 0.3 is 0 Å². The van der Waals surface area contributed by atoms with E-state index in [4.69, 9.17) is 5.73 Å². The van der Waals surface area contributed by atoms with Crippen molar-refractivity contribution >= 4 is 5.69 Å². The number of aromatic nitrogens is 2. The molecule has 0 fully saturated rings. The van der Waals surface area contributed by atoms with Gasteiger partial charge in [-0.15, -0.1) is 0 Å². The maximum atomic E-state index is 5.88. The predicted octanol–water partition coefficient (Wildman–Crippen LogP) is 2.58. The van der Waals surface area contributed by atoms with Gasteiger partial charge < -0.3 is 5.73 Å². The third kappa shape index (κ3) is 1.86. The number of nitrogen functional groups attached to an aromatic ring is 1. The Hall–Kier alpha value is -1.77. The highest BCUT2D eigenvalue weighted by atomic mass is 15.3. The van der Waals surface area contributed by atoms with Crippen LogP contribution < -0.4 is 5.73 Å². The number of nitrogens with two attached hydrogens (primary N) is 1. The fourth-order valence-corrected chi connectivity index (χ4v) is 1.46. The molecule has 78 valence electrons. The molecule has 0 unspecified atom stereocenters. The predicted molar refractivity (Wildman–Crippen MR) is 62.1 cm³/mol. The van der Waals surface area contributed by atoms with Crippen molar-refractivity contribution in [2.75, 3.05) is 5.73 Å². The first-order valence-electron chi connectivity index (χ1n) is 5.08. The van der Waals surface area contributed by atoms with Crippen LogP contribution in [0, 0.1) is 0 Å². The summed E-state index contributed by atoms with van der Waals surface area (Å²) < 4.78 is 1.82. The van der Waals surface area contributed by atoms with Crippen molar-refractivity contribution in [2.45, 2.75) is 19.8 Å². The van der Waals surface area contributed by atoms with E-state index in [0.29, 0.717) is 5.92 Å². The van der Waals surface area contributed by atoms with Crippen LogP contribution in [0.15, 0.2) is 36.7 Å². The zero-order chi connectivity index (χ0) is 10.8. The molecule has 3 heteroatoms. The molecule has 2 N–H and O–H groups in total. The Morgan fingerprint density at radius 1 is 1.27 bits per heavy atom. The van der Waals surface area contributed by atoms with Crippen molar-refractivity contribution in [3.05, 3.63) is 42.2 Å². The minimum absolute atomic E-state index is 0.490. The normalized spacial score (nSPS) is 10.9. The van der Waals surface area contributed by atoms with Crippen LogP contribution >= 0.6 is 0 Å². The monoisotopic (exact) mass is 201 g/mol. The maximum Gasteiger partial charge on any atom is 0.0874 e. The highest BCUT2D eigenvalue weighted by Crippen LogP contribution is 2.19. The summed E-state index contributed by atoms with van der Waals surface area (Å²) in [7, 11) is 0. The van der Waals surface area contributed by atoms with E-state index in [1.807, 2.05) is 41.3 Å². The van der Waals surface area contributed by atoms with Crippen LogP contribution in [0.1, 0.15) is 25.3 Å². The topological polar surface area (TPSA) is 43.8 Å². The molecule has 1 aromatic carbocycles. The second-order valence-electron chi connectivity index (χ2n) is 3.93. The average Bonchev–Trinajstić information content (AvgIpc) is 2.67. The van der Waals surface area contributed by atoms with Crippen molar-refractivity contribution < 1.29 is 0 Å². The third-order valence-corrected chi connectivity index (χ3v) is 2.45. The van der Waals surface area contributed by atoms with Crippen molar-refractivity contribution in [1.82, 2.24) is 9.78 Å². The molecule has 0 amide bonds. The Bertz CT molecular complexity index is 457. The largest absolute Gasteiger partial charge is 0.397 e. The van der Waals surface area contributed by atoms with E-state index < -0.39 is 0 Å². The molecule has 0 aliphatic carbocycles. The zero-order valence-electron chi connectivity index (χ0n) is 9.01. The van der Waals surface area contributed by atoms with E-state index >= 15 is 0 Å². The van der Waals surface area contributed by atoms with Crippen molar-refractivity contribution in [3.8, 4) is 5.69 Å². The highest BCUT2D eigenvalue weighted by Gasteiger charge is 2.05. The van der Waals surface area contributed by atoms with Crippen LogP contribution in [0.5, 0.6) is 0 Å². The molecule has 0 aliphatic heterocycles. The molecule has 0 atom stereocenters. The molecule has 1 aromatic heterocycles. The quantitative estimate of drug-likeness (QED) is 0.759. The molecule has 0 spiro atoms. The van der Waals surface area contributed by atoms with Gasteiger partial charge in [-0.05, 0) is 23.6 Å². The summed E-state index contributed by atoms with van der Waals surface area (Å²) in [6, 6.07) is 7.73. The molecule has 0 aliphatic rings. The van der Waals surface area contributed by atoms with Crippen molar-refractivity contribution in [3.63, 3.8) is 0 Å². The van der Waals surface area contributed by atoms with Crippen molar-refractivity contribution in [1.29, 1.82) is 0 Å². The molecule has 1 heterocycles. The molecule has 15 heavy (non-hydrogen) atoms. The van der Waals surface area contributed by atoms with Crippen LogP contribution in [0.2, 0.25) is 0 Å². The Labute approximate surface area is 89.5 Å². The lowest BCUT2D eigenvalue weighted by Gasteiger charge is -2.04. The number of hydrogen-bond acceptors (Lipinski definition) is 2. The third-order valence-electron chi connectivity index (χ3n) is 2.45. The molecule has 0 saturated carbocycles. The second-order valence-corrected chi connectivity index (χ2v) is 3.93. The standard InChI is InChI=1S/C12H15N3/c1-9(2)10-7-14-15(8-10)12-6-4-3-5-11(12)13/h3-9H,13H2,1-2H3. The number of hydrogen-bond donors (Lipinski definition) is 1. The Kier molecular flexibility index (Phi) is 2.46. The summed E-state index contributed by atoms with van der Waals surface area (Å²) in [4.78, 5) is 0. The van der Waals surface area contributed by atoms with Crippen LogP contribution in [0.4, 0.5) is 5.69 Å². The number of para-hydroxylation sites is 2. The van der Waals surface area contributed by atoms with Gasteiger partial charge in [0.25, 0.3) is 0 Å². The number of anilines is 1. The van der Waals surface area contributed by atoms with Crippen molar-refractivity contribution in [2.24, 2.45) is 0 Å². The van der Waals surface area contributed by atoms with Gasteiger partial charge in [-0.3, -0.25) is 0 Å². The van der Waals surface area contributed by atoms with Gasteiger partial charge in [0.2, 0.25) is 0 Å². The molecule has 0 saturated heterocycles. The smallest absolute Gasteiger partial charge is 0.0874 e. The van der Waals surface area contributed by atoms with E-state index in [9.17, 15) is 0 Å². The summed E-state index contributed by atoms with van der Waals surface area (Å²) in [5.41, 5.74) is 8.78. The molecular weight excluding hydrogens is 186 g/mol. The van der Waals surface area contributed by atoms with Gasteiger partial charge in [-0.25, -0.2) is 4.68 Å². The van der Waals surface area contributed by atoms with Crippen LogP contribution in [-0.4, -0.2) is 9.78 Å². The van der Waals surface area contributed by atoms with Crippen LogP contribution in [-0.2, 0) is 0 Å². The highest BCUT2D eigenvalue weighted by molar-refractivity contribution is 5.56. The SMILES string of the molecule is CC(C)c1cnn(-c2ccccc2N)c1. The molecular formula is C12H15N3. The van der Waals surface area contributed by atoms with Gasteiger partial charge in [-0.2, -0.15) is 5.10 Å². The maximum absolute atomic E-state index is 5.88. The first-order chi connectivity index (χ1) is 7.18. The van der Waals surface area contributed by atoms with Gasteiger partial charge in [0.05, 0.1) is 17.6 Å². The first-order valence-corrected chi connectivity index (χ1v) is 5.08. The van der Waals surface area contributed by atoms with E-state index in [1.54, 1.807) is 0 Å². The number of rotatable bonds is 2.